The molecule has 2 rings (SSSR count). The molecule has 0 radical (unpaired) electrons. The number of fused-ring (bicyclic) bond motifs is 1. The van der Waals surface area contributed by atoms with Gasteiger partial charge in [0.2, 0.25) is 0 Å². The summed E-state index contributed by atoms with van der Waals surface area (Å²) in [5.41, 5.74) is 1.69. The van der Waals surface area contributed by atoms with Crippen LogP contribution in [0.3, 0.4) is 0 Å². The fraction of sp³-hybridized carbons (Fsp3) is 0.100. The zero-order valence-corrected chi connectivity index (χ0v) is 7.34. The number of nitrogens with zero attached hydrogens (tertiary/aromatic N) is 2. The van der Waals surface area contributed by atoms with Gasteiger partial charge < -0.3 is 5.11 Å². The Bertz CT molecular complexity index is 483. The highest BCUT2D eigenvalue weighted by atomic mass is 16.3. The molecular weight excluding hydrogens is 180 g/mol. The molecule has 4 heteroatoms. The van der Waals surface area contributed by atoms with Crippen LogP contribution in [0.2, 0.25) is 0 Å². The maximum atomic E-state index is 10.5. The first kappa shape index (κ1) is 8.77. The predicted octanol–water partition coefficient (Wildman–Crippen LogP) is 2.12. The molecule has 2 aromatic rings. The van der Waals surface area contributed by atoms with Crippen molar-refractivity contribution < 1.29 is 5.11 Å². The van der Waals surface area contributed by atoms with Gasteiger partial charge in [0.25, 0.3) is 0 Å². The standard InChI is InChI=1S/C10H8N2O2/c13-6-7-3-4-9(12-14)8-2-1-5-11-10(7)8/h1-5,13H,6H2. The minimum Gasteiger partial charge on any atom is -0.392 e. The molecule has 4 nitrogen and oxygen atoms in total. The average molecular weight is 188 g/mol. The molecule has 0 saturated carbocycles. The third kappa shape index (κ3) is 1.25. The van der Waals surface area contributed by atoms with E-state index in [4.69, 9.17) is 5.11 Å². The lowest BCUT2D eigenvalue weighted by Gasteiger charge is -2.03. The van der Waals surface area contributed by atoms with Gasteiger partial charge in [-0.05, 0) is 23.4 Å². The van der Waals surface area contributed by atoms with E-state index in [0.717, 1.165) is 0 Å². The van der Waals surface area contributed by atoms with Crippen molar-refractivity contribution in [2.75, 3.05) is 0 Å². The summed E-state index contributed by atoms with van der Waals surface area (Å²) in [4.78, 5) is 14.6. The van der Waals surface area contributed by atoms with Crippen molar-refractivity contribution in [2.24, 2.45) is 5.18 Å². The lowest BCUT2D eigenvalue weighted by atomic mass is 10.1. The van der Waals surface area contributed by atoms with Crippen molar-refractivity contribution in [3.8, 4) is 0 Å². The number of rotatable bonds is 2. The molecular formula is C10H8N2O2. The lowest BCUT2D eigenvalue weighted by Crippen LogP contribution is -1.88. The molecule has 0 amide bonds. The van der Waals surface area contributed by atoms with Crippen LogP contribution in [0.25, 0.3) is 10.9 Å². The Labute approximate surface area is 80.2 Å². The first-order valence-electron chi connectivity index (χ1n) is 4.17. The van der Waals surface area contributed by atoms with Crippen LogP contribution in [-0.2, 0) is 6.61 Å². The van der Waals surface area contributed by atoms with Crippen LogP contribution >= 0.6 is 0 Å². The zero-order chi connectivity index (χ0) is 9.97. The SMILES string of the molecule is O=Nc1ccc(CO)c2ncccc12. The molecule has 0 aliphatic rings. The highest BCUT2D eigenvalue weighted by molar-refractivity contribution is 5.91. The minimum atomic E-state index is -0.0906. The second-order valence-electron chi connectivity index (χ2n) is 2.89. The monoisotopic (exact) mass is 188 g/mol. The van der Waals surface area contributed by atoms with Gasteiger partial charge in [-0.1, -0.05) is 6.07 Å². The molecule has 0 atom stereocenters. The Morgan fingerprint density at radius 3 is 2.93 bits per heavy atom. The molecule has 14 heavy (non-hydrogen) atoms. The van der Waals surface area contributed by atoms with E-state index in [1.165, 1.54) is 0 Å². The molecule has 70 valence electrons. The van der Waals surface area contributed by atoms with E-state index in [0.29, 0.717) is 22.2 Å². The molecule has 0 saturated heterocycles. The molecule has 0 unspecified atom stereocenters. The number of hydrogen-bond donors (Lipinski definition) is 1. The molecule has 1 aromatic heterocycles. The van der Waals surface area contributed by atoms with Crippen LogP contribution in [0.1, 0.15) is 5.56 Å². The molecule has 0 aliphatic carbocycles. The van der Waals surface area contributed by atoms with Gasteiger partial charge >= 0.3 is 0 Å². The van der Waals surface area contributed by atoms with Gasteiger partial charge in [0.05, 0.1) is 12.1 Å². The highest BCUT2D eigenvalue weighted by Crippen LogP contribution is 2.26. The fourth-order valence-electron chi connectivity index (χ4n) is 1.42. The zero-order valence-electron chi connectivity index (χ0n) is 7.34. The Hall–Kier alpha value is -1.81. The van der Waals surface area contributed by atoms with Crippen molar-refractivity contribution >= 4 is 16.6 Å². The van der Waals surface area contributed by atoms with Gasteiger partial charge in [-0.2, -0.15) is 0 Å². The number of aromatic nitrogens is 1. The Morgan fingerprint density at radius 2 is 2.21 bits per heavy atom. The first-order chi connectivity index (χ1) is 6.86. The topological polar surface area (TPSA) is 62.5 Å². The molecule has 1 heterocycles. The number of aliphatic hydroxyl groups is 1. The van der Waals surface area contributed by atoms with E-state index in [-0.39, 0.29) is 6.61 Å². The predicted molar refractivity (Wildman–Crippen MR) is 53.1 cm³/mol. The van der Waals surface area contributed by atoms with E-state index in [9.17, 15) is 4.91 Å². The van der Waals surface area contributed by atoms with E-state index >= 15 is 0 Å². The maximum Gasteiger partial charge on any atom is 0.117 e. The third-order valence-corrected chi connectivity index (χ3v) is 2.10. The van der Waals surface area contributed by atoms with Gasteiger partial charge in [-0.25, -0.2) is 0 Å². The average Bonchev–Trinajstić information content (AvgIpc) is 2.27. The normalized spacial score (nSPS) is 10.4. The summed E-state index contributed by atoms with van der Waals surface area (Å²) >= 11 is 0. The Kier molecular flexibility index (Phi) is 2.20. The van der Waals surface area contributed by atoms with Crippen LogP contribution in [0.4, 0.5) is 5.69 Å². The van der Waals surface area contributed by atoms with Crippen LogP contribution in [-0.4, -0.2) is 10.1 Å². The summed E-state index contributed by atoms with van der Waals surface area (Å²) in [6.07, 6.45) is 1.62. The number of aliphatic hydroxyl groups excluding tert-OH is 1. The van der Waals surface area contributed by atoms with E-state index < -0.39 is 0 Å². The quantitative estimate of drug-likeness (QED) is 0.734. The minimum absolute atomic E-state index is 0.0906. The van der Waals surface area contributed by atoms with E-state index in [1.54, 1.807) is 30.5 Å². The fourth-order valence-corrected chi connectivity index (χ4v) is 1.42. The van der Waals surface area contributed by atoms with Crippen LogP contribution in [0.15, 0.2) is 35.6 Å². The summed E-state index contributed by atoms with van der Waals surface area (Å²) < 4.78 is 0. The van der Waals surface area contributed by atoms with Gasteiger partial charge in [-0.15, -0.1) is 4.91 Å². The maximum absolute atomic E-state index is 10.5. The molecule has 0 spiro atoms. The Morgan fingerprint density at radius 1 is 1.36 bits per heavy atom. The van der Waals surface area contributed by atoms with Gasteiger partial charge in [0.1, 0.15) is 5.69 Å². The van der Waals surface area contributed by atoms with Crippen molar-refractivity contribution in [2.45, 2.75) is 6.61 Å². The number of nitroso groups, excluding NO2 is 1. The van der Waals surface area contributed by atoms with Crippen molar-refractivity contribution in [1.82, 2.24) is 4.98 Å². The summed E-state index contributed by atoms with van der Waals surface area (Å²) in [6, 6.07) is 6.74. The van der Waals surface area contributed by atoms with Crippen molar-refractivity contribution in [1.29, 1.82) is 0 Å². The molecule has 0 fully saturated rings. The Balaban J connectivity index is 2.84. The van der Waals surface area contributed by atoms with Crippen molar-refractivity contribution in [3.05, 3.63) is 40.9 Å². The van der Waals surface area contributed by atoms with Gasteiger partial charge in [0, 0.05) is 17.1 Å². The van der Waals surface area contributed by atoms with Crippen LogP contribution in [0, 0.1) is 4.91 Å². The molecule has 0 bridgehead atoms. The highest BCUT2D eigenvalue weighted by Gasteiger charge is 2.05. The van der Waals surface area contributed by atoms with E-state index in [2.05, 4.69) is 10.2 Å². The lowest BCUT2D eigenvalue weighted by molar-refractivity contribution is 0.283. The second kappa shape index (κ2) is 3.51. The van der Waals surface area contributed by atoms with Gasteiger partial charge in [0.15, 0.2) is 0 Å². The van der Waals surface area contributed by atoms with Crippen molar-refractivity contribution in [3.63, 3.8) is 0 Å². The summed E-state index contributed by atoms with van der Waals surface area (Å²) in [7, 11) is 0. The van der Waals surface area contributed by atoms with E-state index in [1.807, 2.05) is 0 Å². The smallest absolute Gasteiger partial charge is 0.117 e. The second-order valence-corrected chi connectivity index (χ2v) is 2.89. The van der Waals surface area contributed by atoms with Gasteiger partial charge in [-0.3, -0.25) is 4.98 Å². The summed E-state index contributed by atoms with van der Waals surface area (Å²) in [6.45, 7) is -0.0906. The largest absolute Gasteiger partial charge is 0.392 e. The number of benzene rings is 1. The first-order valence-corrected chi connectivity index (χ1v) is 4.17. The number of hydrogen-bond acceptors (Lipinski definition) is 4. The molecule has 1 N–H and O–H groups in total. The summed E-state index contributed by atoms with van der Waals surface area (Å²) in [5.74, 6) is 0. The molecule has 1 aromatic carbocycles. The van der Waals surface area contributed by atoms with Crippen LogP contribution < -0.4 is 0 Å². The number of pyridine rings is 1. The summed E-state index contributed by atoms with van der Waals surface area (Å²) in [5, 5.41) is 12.6. The molecule has 0 aliphatic heterocycles. The van der Waals surface area contributed by atoms with Crippen LogP contribution in [0.5, 0.6) is 0 Å². The third-order valence-electron chi connectivity index (χ3n) is 2.10.